The van der Waals surface area contributed by atoms with E-state index in [-0.39, 0.29) is 54.6 Å². The van der Waals surface area contributed by atoms with Crippen LogP contribution < -0.4 is 10.6 Å². The molecule has 0 radical (unpaired) electrons. The van der Waals surface area contributed by atoms with Gasteiger partial charge in [-0.25, -0.2) is 9.78 Å². The lowest BCUT2D eigenvalue weighted by Gasteiger charge is -2.43. The zero-order chi connectivity index (χ0) is 42.7. The molecule has 15 heteroatoms. The van der Waals surface area contributed by atoms with Crippen molar-refractivity contribution < 1.29 is 38.6 Å². The number of ether oxygens (including phenoxy) is 2. The number of hydrogen-bond acceptors (Lipinski definition) is 9. The number of thiazole rings is 1. The molecule has 4 rings (SSSR count). The molecule has 0 aliphatic carbocycles. The Morgan fingerprint density at radius 1 is 1.02 bits per heavy atom. The highest BCUT2D eigenvalue weighted by molar-refractivity contribution is 7.09. The summed E-state index contributed by atoms with van der Waals surface area (Å²) in [6.07, 6.45) is 3.71. The van der Waals surface area contributed by atoms with E-state index in [0.717, 1.165) is 17.0 Å². The van der Waals surface area contributed by atoms with Gasteiger partial charge in [0.25, 0.3) is 0 Å². The summed E-state index contributed by atoms with van der Waals surface area (Å²) >= 11 is 1.49. The molecule has 14 nitrogen and oxygen atoms in total. The summed E-state index contributed by atoms with van der Waals surface area (Å²) in [5.41, 5.74) is -0.226. The molecule has 3 heterocycles. The minimum absolute atomic E-state index is 0.00974. The van der Waals surface area contributed by atoms with Crippen LogP contribution in [0.15, 0.2) is 41.9 Å². The van der Waals surface area contributed by atoms with Crippen molar-refractivity contribution in [3.8, 4) is 0 Å². The van der Waals surface area contributed by atoms with E-state index in [4.69, 9.17) is 9.47 Å². The third kappa shape index (κ3) is 10.9. The number of carboxylic acid groups (broad SMARTS) is 1. The van der Waals surface area contributed by atoms with Crippen molar-refractivity contribution in [3.63, 3.8) is 0 Å². The van der Waals surface area contributed by atoms with Crippen LogP contribution in [-0.2, 0) is 35.1 Å². The van der Waals surface area contributed by atoms with Gasteiger partial charge in [0.2, 0.25) is 23.6 Å². The van der Waals surface area contributed by atoms with E-state index in [2.05, 4.69) is 15.6 Å². The summed E-state index contributed by atoms with van der Waals surface area (Å²) in [5, 5.41) is 18.7. The molecule has 1 aromatic carbocycles. The summed E-state index contributed by atoms with van der Waals surface area (Å²) in [6.45, 7) is 11.9. The summed E-state index contributed by atoms with van der Waals surface area (Å²) in [7, 11) is 4.80. The second-order valence-electron chi connectivity index (χ2n) is 16.6. The van der Waals surface area contributed by atoms with Crippen LogP contribution in [-0.4, -0.2) is 125 Å². The molecule has 2 fully saturated rings. The SMILES string of the molecule is CC[C@H](C)[C@@H]([C@@H](CC(=O)N1CCC[C@H]1[C@H](OC)[C@@H](C)C(=O)N[C@@H](Cc1ccccc1)c1nccs1)OC)N(C)C(=O)[C@@H](NC(=O)[C@]1(C)CCCCN1C(=O)O)C(C)C. The number of aromatic nitrogens is 1. The van der Waals surface area contributed by atoms with Gasteiger partial charge < -0.3 is 35.0 Å². The zero-order valence-corrected chi connectivity index (χ0v) is 36.6. The molecule has 9 atom stereocenters. The van der Waals surface area contributed by atoms with E-state index in [9.17, 15) is 29.1 Å². The van der Waals surface area contributed by atoms with E-state index in [0.29, 0.717) is 45.1 Å². The summed E-state index contributed by atoms with van der Waals surface area (Å²) < 4.78 is 12.1. The van der Waals surface area contributed by atoms with Crippen molar-refractivity contribution in [2.45, 2.75) is 135 Å². The Kier molecular flexibility index (Phi) is 17.1. The van der Waals surface area contributed by atoms with Crippen molar-refractivity contribution >= 4 is 41.1 Å². The third-order valence-electron chi connectivity index (χ3n) is 12.4. The minimum Gasteiger partial charge on any atom is -0.465 e. The molecule has 2 aliphatic rings. The molecule has 1 aromatic heterocycles. The quantitative estimate of drug-likeness (QED) is 0.165. The van der Waals surface area contributed by atoms with Crippen molar-refractivity contribution in [1.82, 2.24) is 30.3 Å². The second-order valence-corrected chi connectivity index (χ2v) is 17.5. The monoisotopic (exact) mass is 826 g/mol. The van der Waals surface area contributed by atoms with Gasteiger partial charge in [0, 0.05) is 45.9 Å². The smallest absolute Gasteiger partial charge is 0.408 e. The minimum atomic E-state index is -1.30. The molecule has 322 valence electrons. The van der Waals surface area contributed by atoms with Crippen LogP contribution in [0.25, 0.3) is 0 Å². The van der Waals surface area contributed by atoms with Crippen LogP contribution in [0.3, 0.4) is 0 Å². The number of rotatable bonds is 19. The second kappa shape index (κ2) is 21.3. The Labute approximate surface area is 348 Å². The summed E-state index contributed by atoms with van der Waals surface area (Å²) in [4.78, 5) is 77.6. The highest BCUT2D eigenvalue weighted by Crippen LogP contribution is 2.32. The number of likely N-dealkylation sites (tertiary alicyclic amines) is 2. The Bertz CT molecular complexity index is 1660. The predicted molar refractivity (Wildman–Crippen MR) is 223 cm³/mol. The van der Waals surface area contributed by atoms with E-state index >= 15 is 0 Å². The lowest BCUT2D eigenvalue weighted by atomic mass is 9.86. The summed E-state index contributed by atoms with van der Waals surface area (Å²) in [5.74, 6) is -2.16. The molecule has 5 amide bonds. The maximum atomic E-state index is 14.4. The highest BCUT2D eigenvalue weighted by atomic mass is 32.1. The van der Waals surface area contributed by atoms with Gasteiger partial charge >= 0.3 is 6.09 Å². The molecule has 58 heavy (non-hydrogen) atoms. The number of amides is 5. The number of carbonyl (C=O) groups excluding carboxylic acids is 4. The molecule has 2 aromatic rings. The van der Waals surface area contributed by atoms with Crippen LogP contribution in [0, 0.1) is 17.8 Å². The molecule has 0 spiro atoms. The Morgan fingerprint density at radius 2 is 1.72 bits per heavy atom. The Hall–Kier alpha value is -4.08. The third-order valence-corrected chi connectivity index (χ3v) is 13.3. The maximum absolute atomic E-state index is 14.4. The zero-order valence-electron chi connectivity index (χ0n) is 35.8. The first-order chi connectivity index (χ1) is 27.6. The summed E-state index contributed by atoms with van der Waals surface area (Å²) in [6, 6.07) is 7.81. The first-order valence-electron chi connectivity index (χ1n) is 20.8. The largest absolute Gasteiger partial charge is 0.465 e. The van der Waals surface area contributed by atoms with E-state index in [1.807, 2.05) is 70.3 Å². The Balaban J connectivity index is 1.49. The van der Waals surface area contributed by atoms with Gasteiger partial charge in [-0.2, -0.15) is 0 Å². The topological polar surface area (TPSA) is 171 Å². The standard InChI is InChI=1S/C43H66N6O8S/c1-10-28(4)36(47(7)40(52)35(27(2)3)46-41(53)43(6)20-14-15-23-49(43)42(54)55)33(56-8)26-34(50)48-22-16-19-32(48)37(57-9)29(5)38(51)45-31(39-44-21-24-58-39)25-30-17-12-11-13-18-30/h11-13,17-18,21,24,27-29,31-33,35-37H,10,14-16,19-20,22-23,25-26H2,1-9H3,(H,45,51)(H,46,53)(H,54,55)/t28-,29+,31-,32-,33+,35-,36-,37+,43-/m0/s1. The number of carbonyl (C=O) groups is 5. The maximum Gasteiger partial charge on any atom is 0.408 e. The number of nitrogens with one attached hydrogen (secondary N) is 2. The fourth-order valence-electron chi connectivity index (χ4n) is 8.76. The lowest BCUT2D eigenvalue weighted by Crippen LogP contribution is -2.64. The molecular formula is C43H66N6O8S. The first-order valence-corrected chi connectivity index (χ1v) is 21.6. The van der Waals surface area contributed by atoms with Crippen LogP contribution in [0.1, 0.15) is 103 Å². The van der Waals surface area contributed by atoms with Crippen molar-refractivity contribution in [2.24, 2.45) is 17.8 Å². The molecule has 2 saturated heterocycles. The number of likely N-dealkylation sites (N-methyl/N-ethyl adjacent to an activating group) is 1. The van der Waals surface area contributed by atoms with E-state index in [1.54, 1.807) is 37.1 Å². The van der Waals surface area contributed by atoms with Gasteiger partial charge in [0.05, 0.1) is 42.7 Å². The average molecular weight is 827 g/mol. The first kappa shape index (κ1) is 46.6. The van der Waals surface area contributed by atoms with Gasteiger partial charge in [0.15, 0.2) is 0 Å². The van der Waals surface area contributed by atoms with Crippen LogP contribution in [0.4, 0.5) is 4.79 Å². The van der Waals surface area contributed by atoms with E-state index in [1.165, 1.54) is 23.3 Å². The van der Waals surface area contributed by atoms with E-state index < -0.39 is 47.7 Å². The van der Waals surface area contributed by atoms with Gasteiger partial charge in [-0.05, 0) is 62.8 Å². The van der Waals surface area contributed by atoms with Gasteiger partial charge in [0.1, 0.15) is 16.6 Å². The molecule has 0 unspecified atom stereocenters. The normalized spacial score (nSPS) is 22.0. The van der Waals surface area contributed by atoms with Crippen molar-refractivity contribution in [2.75, 3.05) is 34.4 Å². The van der Waals surface area contributed by atoms with Gasteiger partial charge in [-0.3, -0.25) is 24.1 Å². The molecule has 2 aliphatic heterocycles. The highest BCUT2D eigenvalue weighted by Gasteiger charge is 2.47. The fraction of sp³-hybridized carbons (Fsp3) is 0.674. The number of methoxy groups -OCH3 is 2. The van der Waals surface area contributed by atoms with Gasteiger partial charge in [-0.15, -0.1) is 11.3 Å². The molecule has 3 N–H and O–H groups in total. The lowest BCUT2D eigenvalue weighted by molar-refractivity contribution is -0.148. The predicted octanol–water partition coefficient (Wildman–Crippen LogP) is 5.53. The number of hydrogen-bond donors (Lipinski definition) is 3. The molecule has 0 saturated carbocycles. The number of nitrogens with zero attached hydrogens (tertiary/aromatic N) is 4. The fourth-order valence-corrected chi connectivity index (χ4v) is 9.45. The van der Waals surface area contributed by atoms with Crippen LogP contribution in [0.5, 0.6) is 0 Å². The molecular weight excluding hydrogens is 761 g/mol. The van der Waals surface area contributed by atoms with Crippen molar-refractivity contribution in [3.05, 3.63) is 52.5 Å². The van der Waals surface area contributed by atoms with Crippen molar-refractivity contribution in [1.29, 1.82) is 0 Å². The van der Waals surface area contributed by atoms with Gasteiger partial charge in [-0.1, -0.05) is 71.4 Å². The van der Waals surface area contributed by atoms with Crippen LogP contribution >= 0.6 is 11.3 Å². The number of piperidine rings is 1. The Morgan fingerprint density at radius 3 is 2.31 bits per heavy atom. The average Bonchev–Trinajstić information content (AvgIpc) is 3.93. The van der Waals surface area contributed by atoms with Crippen LogP contribution in [0.2, 0.25) is 0 Å². The molecule has 0 bridgehead atoms. The number of benzene rings is 1.